The van der Waals surface area contributed by atoms with Gasteiger partial charge >= 0.3 is 0 Å². The standard InChI is InChI=1S/C17H17ClO3/c18-11-4-12-19-13-14-20-15-7-9-17(10-8-15)21-16-5-2-1-3-6-16/h1-11H,12-14H2. The molecule has 0 bridgehead atoms. The van der Waals surface area contributed by atoms with Gasteiger partial charge in [-0.15, -0.1) is 0 Å². The minimum atomic E-state index is 0.495. The Labute approximate surface area is 129 Å². The second kappa shape index (κ2) is 9.06. The van der Waals surface area contributed by atoms with Crippen LogP contribution in [0.4, 0.5) is 0 Å². The third kappa shape index (κ3) is 5.90. The summed E-state index contributed by atoms with van der Waals surface area (Å²) in [5, 5.41) is 0. The molecule has 0 aromatic heterocycles. The van der Waals surface area contributed by atoms with Crippen LogP contribution in [0.25, 0.3) is 0 Å². The molecule has 0 unspecified atom stereocenters. The average Bonchev–Trinajstić information content (AvgIpc) is 2.53. The van der Waals surface area contributed by atoms with Crippen LogP contribution in [-0.2, 0) is 4.74 Å². The van der Waals surface area contributed by atoms with Crippen molar-refractivity contribution in [3.8, 4) is 17.2 Å². The van der Waals surface area contributed by atoms with Crippen LogP contribution in [0.1, 0.15) is 0 Å². The van der Waals surface area contributed by atoms with Crippen LogP contribution < -0.4 is 9.47 Å². The minimum Gasteiger partial charge on any atom is -0.491 e. The van der Waals surface area contributed by atoms with E-state index in [0.29, 0.717) is 19.8 Å². The lowest BCUT2D eigenvalue weighted by Gasteiger charge is -2.08. The van der Waals surface area contributed by atoms with E-state index in [9.17, 15) is 0 Å². The summed E-state index contributed by atoms with van der Waals surface area (Å²) in [6, 6.07) is 17.1. The predicted octanol–water partition coefficient (Wildman–Crippen LogP) is 4.63. The lowest BCUT2D eigenvalue weighted by molar-refractivity contribution is 0.121. The van der Waals surface area contributed by atoms with Crippen LogP contribution in [0, 0.1) is 0 Å². The third-order valence-electron chi connectivity index (χ3n) is 2.60. The summed E-state index contributed by atoms with van der Waals surface area (Å²) in [6.45, 7) is 1.51. The summed E-state index contributed by atoms with van der Waals surface area (Å²) in [5.41, 5.74) is 1.44. The second-order valence-electron chi connectivity index (χ2n) is 4.17. The van der Waals surface area contributed by atoms with Gasteiger partial charge in [0.05, 0.1) is 13.2 Å². The van der Waals surface area contributed by atoms with Gasteiger partial charge in [0.1, 0.15) is 23.9 Å². The molecule has 110 valence electrons. The van der Waals surface area contributed by atoms with Gasteiger partial charge in [0.15, 0.2) is 0 Å². The van der Waals surface area contributed by atoms with Crippen LogP contribution in [0.15, 0.2) is 66.2 Å². The largest absolute Gasteiger partial charge is 0.491 e. The maximum atomic E-state index is 5.70. The van der Waals surface area contributed by atoms with Crippen molar-refractivity contribution in [3.63, 3.8) is 0 Å². The third-order valence-corrected chi connectivity index (χ3v) is 2.78. The Hall–Kier alpha value is -1.97. The highest BCUT2D eigenvalue weighted by atomic mass is 35.5. The lowest BCUT2D eigenvalue weighted by atomic mass is 10.3. The van der Waals surface area contributed by atoms with E-state index in [0.717, 1.165) is 17.2 Å². The van der Waals surface area contributed by atoms with Crippen molar-refractivity contribution in [1.29, 1.82) is 0 Å². The lowest BCUT2D eigenvalue weighted by Crippen LogP contribution is -2.06. The summed E-state index contributed by atoms with van der Waals surface area (Å²) in [7, 11) is 0. The topological polar surface area (TPSA) is 27.7 Å². The second-order valence-corrected chi connectivity index (χ2v) is 4.42. The fourth-order valence-corrected chi connectivity index (χ4v) is 1.71. The molecule has 3 nitrogen and oxygen atoms in total. The van der Waals surface area contributed by atoms with Crippen LogP contribution in [-0.4, -0.2) is 19.8 Å². The highest BCUT2D eigenvalue weighted by Crippen LogP contribution is 2.23. The SMILES string of the molecule is ClC=CCOCCOc1ccc(Oc2ccccc2)cc1. The van der Waals surface area contributed by atoms with Crippen LogP contribution in [0.5, 0.6) is 17.2 Å². The quantitative estimate of drug-likeness (QED) is 0.666. The highest BCUT2D eigenvalue weighted by molar-refractivity contribution is 6.25. The van der Waals surface area contributed by atoms with Crippen molar-refractivity contribution in [3.05, 3.63) is 66.2 Å². The number of halogens is 1. The van der Waals surface area contributed by atoms with Crippen molar-refractivity contribution in [2.75, 3.05) is 19.8 Å². The van der Waals surface area contributed by atoms with Crippen LogP contribution in [0.2, 0.25) is 0 Å². The fraction of sp³-hybridized carbons (Fsp3) is 0.176. The Kier molecular flexibility index (Phi) is 6.65. The molecule has 2 aromatic rings. The van der Waals surface area contributed by atoms with Gasteiger partial charge < -0.3 is 14.2 Å². The van der Waals surface area contributed by atoms with E-state index in [-0.39, 0.29) is 0 Å². The molecule has 0 heterocycles. The molecule has 2 rings (SSSR count). The maximum absolute atomic E-state index is 5.70. The Bertz CT molecular complexity index is 538. The first-order valence-corrected chi connectivity index (χ1v) is 7.11. The van der Waals surface area contributed by atoms with Crippen LogP contribution >= 0.6 is 11.6 Å². The minimum absolute atomic E-state index is 0.495. The van der Waals surface area contributed by atoms with E-state index in [1.807, 2.05) is 54.6 Å². The summed E-state index contributed by atoms with van der Waals surface area (Å²) < 4.78 is 16.5. The Morgan fingerprint density at radius 2 is 1.48 bits per heavy atom. The summed E-state index contributed by atoms with van der Waals surface area (Å²) in [5.74, 6) is 2.37. The summed E-state index contributed by atoms with van der Waals surface area (Å²) >= 11 is 5.38. The normalized spacial score (nSPS) is 10.7. The van der Waals surface area contributed by atoms with E-state index < -0.39 is 0 Å². The van der Waals surface area contributed by atoms with Gasteiger partial charge in [0.2, 0.25) is 0 Å². The van der Waals surface area contributed by atoms with Crippen molar-refractivity contribution in [2.24, 2.45) is 0 Å². The summed E-state index contributed by atoms with van der Waals surface area (Å²) in [6.07, 6.45) is 1.73. The Morgan fingerprint density at radius 3 is 2.19 bits per heavy atom. The zero-order chi connectivity index (χ0) is 14.8. The first kappa shape index (κ1) is 15.4. The number of para-hydroxylation sites is 1. The Morgan fingerprint density at radius 1 is 0.810 bits per heavy atom. The zero-order valence-electron chi connectivity index (χ0n) is 11.6. The molecule has 2 aromatic carbocycles. The van der Waals surface area contributed by atoms with Crippen molar-refractivity contribution < 1.29 is 14.2 Å². The van der Waals surface area contributed by atoms with E-state index >= 15 is 0 Å². The fourth-order valence-electron chi connectivity index (χ4n) is 1.63. The van der Waals surface area contributed by atoms with E-state index in [1.54, 1.807) is 6.08 Å². The van der Waals surface area contributed by atoms with Crippen molar-refractivity contribution in [2.45, 2.75) is 0 Å². The number of ether oxygens (including phenoxy) is 3. The molecule has 4 heteroatoms. The molecule has 0 aliphatic carbocycles. The van der Waals surface area contributed by atoms with Gasteiger partial charge in [-0.3, -0.25) is 0 Å². The van der Waals surface area contributed by atoms with Crippen molar-refractivity contribution in [1.82, 2.24) is 0 Å². The predicted molar refractivity (Wildman–Crippen MR) is 84.3 cm³/mol. The number of benzene rings is 2. The van der Waals surface area contributed by atoms with E-state index in [2.05, 4.69) is 0 Å². The maximum Gasteiger partial charge on any atom is 0.127 e. The molecule has 0 saturated carbocycles. The van der Waals surface area contributed by atoms with Crippen LogP contribution in [0.3, 0.4) is 0 Å². The first-order valence-electron chi connectivity index (χ1n) is 6.67. The Balaban J connectivity index is 1.74. The van der Waals surface area contributed by atoms with Gasteiger partial charge in [-0.25, -0.2) is 0 Å². The first-order chi connectivity index (χ1) is 10.4. The molecular weight excluding hydrogens is 288 g/mol. The number of hydrogen-bond donors (Lipinski definition) is 0. The molecule has 0 fully saturated rings. The highest BCUT2D eigenvalue weighted by Gasteiger charge is 1.98. The number of rotatable bonds is 8. The summed E-state index contributed by atoms with van der Waals surface area (Å²) in [4.78, 5) is 0. The molecule has 0 spiro atoms. The van der Waals surface area contributed by atoms with Crippen molar-refractivity contribution >= 4 is 11.6 Å². The smallest absolute Gasteiger partial charge is 0.127 e. The van der Waals surface area contributed by atoms with Gasteiger partial charge in [0.25, 0.3) is 0 Å². The van der Waals surface area contributed by atoms with Gasteiger partial charge in [0, 0.05) is 5.54 Å². The molecule has 0 N–H and O–H groups in total. The van der Waals surface area contributed by atoms with Gasteiger partial charge in [-0.1, -0.05) is 29.8 Å². The van der Waals surface area contributed by atoms with Gasteiger partial charge in [-0.2, -0.15) is 0 Å². The molecular formula is C17H17ClO3. The number of hydrogen-bond acceptors (Lipinski definition) is 3. The molecule has 0 radical (unpaired) electrons. The van der Waals surface area contributed by atoms with E-state index in [4.69, 9.17) is 25.8 Å². The molecule has 21 heavy (non-hydrogen) atoms. The molecule has 0 aliphatic heterocycles. The molecule has 0 amide bonds. The zero-order valence-corrected chi connectivity index (χ0v) is 12.3. The average molecular weight is 305 g/mol. The van der Waals surface area contributed by atoms with Gasteiger partial charge in [-0.05, 0) is 42.5 Å². The molecule has 0 saturated heterocycles. The van der Waals surface area contributed by atoms with E-state index in [1.165, 1.54) is 5.54 Å². The molecule has 0 aliphatic rings. The molecule has 0 atom stereocenters. The monoisotopic (exact) mass is 304 g/mol.